The Morgan fingerprint density at radius 2 is 1.64 bits per heavy atom. The lowest BCUT2D eigenvalue weighted by molar-refractivity contribution is -0.120. The van der Waals surface area contributed by atoms with Crippen LogP contribution >= 0.6 is 0 Å². The lowest BCUT2D eigenvalue weighted by Gasteiger charge is -2.30. The number of ether oxygens (including phenoxy) is 1. The van der Waals surface area contributed by atoms with Gasteiger partial charge in [0.1, 0.15) is 10.6 Å². The molecule has 0 radical (unpaired) electrons. The molecule has 33 heavy (non-hydrogen) atoms. The van der Waals surface area contributed by atoms with E-state index in [-0.39, 0.29) is 34.5 Å². The van der Waals surface area contributed by atoms with Gasteiger partial charge in [0, 0.05) is 33.1 Å². The van der Waals surface area contributed by atoms with E-state index < -0.39 is 26.0 Å². The fraction of sp³-hybridized carbons (Fsp3) is 0.409. The van der Waals surface area contributed by atoms with Gasteiger partial charge in [-0.25, -0.2) is 21.1 Å². The van der Waals surface area contributed by atoms with Gasteiger partial charge < -0.3 is 10.1 Å². The number of rotatable bonds is 8. The quantitative estimate of drug-likeness (QED) is 0.602. The average Bonchev–Trinajstić information content (AvgIpc) is 2.80. The zero-order chi connectivity index (χ0) is 24.2. The second kappa shape index (κ2) is 10.2. The van der Waals surface area contributed by atoms with Crippen molar-refractivity contribution in [2.45, 2.75) is 29.6 Å². The van der Waals surface area contributed by atoms with Crippen LogP contribution in [0.1, 0.15) is 19.8 Å². The van der Waals surface area contributed by atoms with Crippen LogP contribution in [0.3, 0.4) is 0 Å². The summed E-state index contributed by atoms with van der Waals surface area (Å²) in [5.41, 5.74) is 0.209. The maximum absolute atomic E-state index is 13.0. The lowest BCUT2D eigenvalue weighted by Crippen LogP contribution is -2.41. The Kier molecular flexibility index (Phi) is 7.78. The number of carbonyl (C=O) groups excluding carboxylic acids is 1. The van der Waals surface area contributed by atoms with Crippen molar-refractivity contribution < 1.29 is 26.4 Å². The molecule has 0 saturated carbocycles. The summed E-state index contributed by atoms with van der Waals surface area (Å²) in [5.74, 6) is -0.148. The number of hydrogen-bond acceptors (Lipinski definition) is 6. The molecule has 2 aromatic carbocycles. The smallest absolute Gasteiger partial charge is 0.244 e. The summed E-state index contributed by atoms with van der Waals surface area (Å²) in [6.45, 7) is 2.74. The highest BCUT2D eigenvalue weighted by molar-refractivity contribution is 7.89. The van der Waals surface area contributed by atoms with E-state index in [2.05, 4.69) is 5.32 Å². The van der Waals surface area contributed by atoms with E-state index in [0.717, 1.165) is 4.31 Å². The number of carbonyl (C=O) groups is 1. The van der Waals surface area contributed by atoms with Crippen LogP contribution in [0.5, 0.6) is 5.75 Å². The van der Waals surface area contributed by atoms with E-state index in [9.17, 15) is 21.6 Å². The fourth-order valence-electron chi connectivity index (χ4n) is 3.61. The van der Waals surface area contributed by atoms with Crippen LogP contribution in [-0.2, 0) is 24.8 Å². The molecule has 11 heteroatoms. The summed E-state index contributed by atoms with van der Waals surface area (Å²) in [5, 5.41) is 2.72. The molecule has 0 aromatic heterocycles. The molecule has 0 atom stereocenters. The highest BCUT2D eigenvalue weighted by Gasteiger charge is 2.33. The molecule has 0 aliphatic carbocycles. The third-order valence-electron chi connectivity index (χ3n) is 5.50. The zero-order valence-corrected chi connectivity index (χ0v) is 20.5. The average molecular weight is 496 g/mol. The number of piperidine rings is 1. The minimum atomic E-state index is -3.73. The number of benzene rings is 2. The van der Waals surface area contributed by atoms with E-state index in [0.29, 0.717) is 25.2 Å². The number of sulfonamides is 2. The molecule has 1 amide bonds. The summed E-state index contributed by atoms with van der Waals surface area (Å²) in [6, 6.07) is 12.5. The van der Waals surface area contributed by atoms with Crippen LogP contribution in [0, 0.1) is 5.92 Å². The molecule has 1 fully saturated rings. The largest absolute Gasteiger partial charge is 0.494 e. The van der Waals surface area contributed by atoms with Gasteiger partial charge in [-0.15, -0.1) is 0 Å². The molecule has 0 spiro atoms. The van der Waals surface area contributed by atoms with Crippen molar-refractivity contribution in [3.8, 4) is 5.75 Å². The third-order valence-corrected chi connectivity index (χ3v) is 9.29. The second-order valence-corrected chi connectivity index (χ2v) is 11.9. The maximum Gasteiger partial charge on any atom is 0.244 e. The van der Waals surface area contributed by atoms with Gasteiger partial charge in [-0.3, -0.25) is 4.79 Å². The first-order chi connectivity index (χ1) is 15.6. The molecule has 1 aliphatic heterocycles. The molecule has 1 heterocycles. The molecule has 2 aromatic rings. The molecule has 3 rings (SSSR count). The van der Waals surface area contributed by atoms with Gasteiger partial charge >= 0.3 is 0 Å². The van der Waals surface area contributed by atoms with Crippen molar-refractivity contribution in [1.29, 1.82) is 0 Å². The Morgan fingerprint density at radius 1 is 1.03 bits per heavy atom. The minimum absolute atomic E-state index is 0.0128. The highest BCUT2D eigenvalue weighted by atomic mass is 32.2. The first kappa shape index (κ1) is 25.2. The topological polar surface area (TPSA) is 113 Å². The van der Waals surface area contributed by atoms with Crippen molar-refractivity contribution in [3.63, 3.8) is 0 Å². The predicted octanol–water partition coefficient (Wildman–Crippen LogP) is 2.38. The van der Waals surface area contributed by atoms with Gasteiger partial charge in [-0.05, 0) is 56.2 Å². The van der Waals surface area contributed by atoms with Crippen molar-refractivity contribution in [3.05, 3.63) is 48.5 Å². The van der Waals surface area contributed by atoms with Crippen LogP contribution < -0.4 is 10.1 Å². The summed E-state index contributed by atoms with van der Waals surface area (Å²) in [4.78, 5) is 13.0. The van der Waals surface area contributed by atoms with Gasteiger partial charge in [0.25, 0.3) is 0 Å². The Hall–Kier alpha value is -2.47. The molecule has 180 valence electrons. The molecular formula is C22H29N3O6S2. The molecule has 0 bridgehead atoms. The number of hydrogen-bond donors (Lipinski definition) is 1. The van der Waals surface area contributed by atoms with Gasteiger partial charge in [0.05, 0.1) is 17.2 Å². The van der Waals surface area contributed by atoms with Gasteiger partial charge in [0.15, 0.2) is 0 Å². The molecule has 1 N–H and O–H groups in total. The first-order valence-corrected chi connectivity index (χ1v) is 13.5. The minimum Gasteiger partial charge on any atom is -0.494 e. The molecule has 0 unspecified atom stereocenters. The summed E-state index contributed by atoms with van der Waals surface area (Å²) in [7, 11) is -4.55. The Morgan fingerprint density at radius 3 is 2.21 bits per heavy atom. The molecule has 1 saturated heterocycles. The van der Waals surface area contributed by atoms with E-state index in [4.69, 9.17) is 4.74 Å². The molecular weight excluding hydrogens is 466 g/mol. The second-order valence-electron chi connectivity index (χ2n) is 7.86. The molecule has 1 aliphatic rings. The maximum atomic E-state index is 13.0. The Bertz CT molecular complexity index is 1190. The van der Waals surface area contributed by atoms with E-state index in [1.54, 1.807) is 30.3 Å². The van der Waals surface area contributed by atoms with Crippen LogP contribution in [0.25, 0.3) is 0 Å². The third kappa shape index (κ3) is 5.55. The SMILES string of the molecule is CCOc1ccc(S(=O)(=O)N2CCC(C(=O)Nc3ccccc3S(=O)(=O)N(C)C)CC2)cc1. The van der Waals surface area contributed by atoms with E-state index in [1.807, 2.05) is 6.92 Å². The fourth-order valence-corrected chi connectivity index (χ4v) is 6.12. The monoisotopic (exact) mass is 495 g/mol. The zero-order valence-electron chi connectivity index (χ0n) is 18.9. The van der Waals surface area contributed by atoms with Crippen LogP contribution in [-0.4, -0.2) is 65.1 Å². The van der Waals surface area contributed by atoms with Gasteiger partial charge in [0.2, 0.25) is 26.0 Å². The Labute approximate surface area is 195 Å². The van der Waals surface area contributed by atoms with Crippen molar-refractivity contribution in [1.82, 2.24) is 8.61 Å². The van der Waals surface area contributed by atoms with E-state index in [1.165, 1.54) is 36.6 Å². The first-order valence-electron chi connectivity index (χ1n) is 10.6. The number of nitrogens with one attached hydrogen (secondary N) is 1. The Balaban J connectivity index is 1.66. The normalized spacial score (nSPS) is 16.0. The summed E-state index contributed by atoms with van der Waals surface area (Å²) < 4.78 is 58.8. The summed E-state index contributed by atoms with van der Waals surface area (Å²) >= 11 is 0. The summed E-state index contributed by atoms with van der Waals surface area (Å²) in [6.07, 6.45) is 0.676. The lowest BCUT2D eigenvalue weighted by atomic mass is 9.97. The number of para-hydroxylation sites is 1. The predicted molar refractivity (Wildman–Crippen MR) is 125 cm³/mol. The van der Waals surface area contributed by atoms with Gasteiger partial charge in [-0.2, -0.15) is 4.31 Å². The van der Waals surface area contributed by atoms with Crippen molar-refractivity contribution >= 4 is 31.6 Å². The standard InChI is InChI=1S/C22H29N3O6S2/c1-4-31-18-9-11-19(12-10-18)32(27,28)25-15-13-17(14-16-25)22(26)23-20-7-5-6-8-21(20)33(29,30)24(2)3/h5-12,17H,4,13-16H2,1-3H3,(H,23,26). The highest BCUT2D eigenvalue weighted by Crippen LogP contribution is 2.28. The van der Waals surface area contributed by atoms with Crippen molar-refractivity contribution in [2.75, 3.05) is 39.1 Å². The number of amides is 1. The van der Waals surface area contributed by atoms with Crippen LogP contribution in [0.4, 0.5) is 5.69 Å². The van der Waals surface area contributed by atoms with Crippen LogP contribution in [0.2, 0.25) is 0 Å². The van der Waals surface area contributed by atoms with Gasteiger partial charge in [-0.1, -0.05) is 12.1 Å². The van der Waals surface area contributed by atoms with Crippen LogP contribution in [0.15, 0.2) is 58.3 Å². The van der Waals surface area contributed by atoms with Crippen molar-refractivity contribution in [2.24, 2.45) is 5.92 Å². The molecule has 9 nitrogen and oxygen atoms in total. The number of anilines is 1. The number of nitrogens with zero attached hydrogens (tertiary/aromatic N) is 2. The van der Waals surface area contributed by atoms with E-state index >= 15 is 0 Å².